The first-order valence-corrected chi connectivity index (χ1v) is 8.67. The first-order valence-electron chi connectivity index (χ1n) is 6.21. The van der Waals surface area contributed by atoms with Gasteiger partial charge in [-0.25, -0.2) is 9.97 Å². The third-order valence-corrected chi connectivity index (χ3v) is 5.28. The van der Waals surface area contributed by atoms with Crippen LogP contribution in [-0.2, 0) is 6.42 Å². The first-order chi connectivity index (χ1) is 9.17. The molecule has 0 aliphatic carbocycles. The summed E-state index contributed by atoms with van der Waals surface area (Å²) >= 11 is 8.78. The van der Waals surface area contributed by atoms with Crippen LogP contribution in [0.4, 0.5) is 5.82 Å². The molecule has 0 radical (unpaired) electrons. The molecule has 0 saturated heterocycles. The summed E-state index contributed by atoms with van der Waals surface area (Å²) in [7, 11) is 0. The van der Waals surface area contributed by atoms with Gasteiger partial charge in [0.15, 0.2) is 5.82 Å². The Balaban J connectivity index is 2.47. The number of halogens is 2. The molecule has 2 aromatic heterocycles. The van der Waals surface area contributed by atoms with Gasteiger partial charge in [0.2, 0.25) is 0 Å². The van der Waals surface area contributed by atoms with E-state index in [1.54, 1.807) is 11.3 Å². The molecule has 2 rings (SSSR count). The van der Waals surface area contributed by atoms with Gasteiger partial charge in [-0.2, -0.15) is 0 Å². The molecule has 0 atom stereocenters. The standard InChI is InChI=1S/C13H15Br2N3S/c1-3-6-16-12-10(15)9(4-2)17-13(18-12)11-8(14)5-7-19-11/h5,7H,3-4,6H2,1-2H3,(H,16,17,18). The molecule has 19 heavy (non-hydrogen) atoms. The number of hydrogen-bond donors (Lipinski definition) is 1. The molecule has 0 amide bonds. The number of aryl methyl sites for hydroxylation is 1. The normalized spacial score (nSPS) is 10.7. The first kappa shape index (κ1) is 14.9. The molecule has 0 spiro atoms. The van der Waals surface area contributed by atoms with Crippen LogP contribution in [0.2, 0.25) is 0 Å². The summed E-state index contributed by atoms with van der Waals surface area (Å²) in [5, 5.41) is 5.39. The van der Waals surface area contributed by atoms with Crippen molar-refractivity contribution < 1.29 is 0 Å². The lowest BCUT2D eigenvalue weighted by molar-refractivity contribution is 0.944. The molecule has 6 heteroatoms. The van der Waals surface area contributed by atoms with Gasteiger partial charge in [-0.1, -0.05) is 13.8 Å². The Morgan fingerprint density at radius 3 is 2.63 bits per heavy atom. The Morgan fingerprint density at radius 1 is 1.26 bits per heavy atom. The maximum atomic E-state index is 4.65. The Hall–Kier alpha value is -0.460. The minimum absolute atomic E-state index is 0.778. The van der Waals surface area contributed by atoms with Crippen molar-refractivity contribution in [2.24, 2.45) is 0 Å². The van der Waals surface area contributed by atoms with Crippen molar-refractivity contribution in [2.75, 3.05) is 11.9 Å². The van der Waals surface area contributed by atoms with Gasteiger partial charge >= 0.3 is 0 Å². The molecule has 0 unspecified atom stereocenters. The molecule has 0 aliphatic rings. The van der Waals surface area contributed by atoms with Crippen LogP contribution < -0.4 is 5.32 Å². The van der Waals surface area contributed by atoms with E-state index in [0.29, 0.717) is 0 Å². The zero-order valence-electron chi connectivity index (χ0n) is 10.8. The number of nitrogens with zero attached hydrogens (tertiary/aromatic N) is 2. The van der Waals surface area contributed by atoms with Crippen molar-refractivity contribution >= 4 is 49.0 Å². The highest BCUT2D eigenvalue weighted by atomic mass is 79.9. The summed E-state index contributed by atoms with van der Waals surface area (Å²) in [6, 6.07) is 2.02. The van der Waals surface area contributed by atoms with Gasteiger partial charge in [0, 0.05) is 11.0 Å². The Bertz CT molecular complexity index is 569. The lowest BCUT2D eigenvalue weighted by Gasteiger charge is -2.11. The lowest BCUT2D eigenvalue weighted by Crippen LogP contribution is -2.07. The highest BCUT2D eigenvalue weighted by molar-refractivity contribution is 9.11. The molecule has 2 heterocycles. The van der Waals surface area contributed by atoms with Gasteiger partial charge < -0.3 is 5.32 Å². The topological polar surface area (TPSA) is 37.8 Å². The quantitative estimate of drug-likeness (QED) is 0.751. The second kappa shape index (κ2) is 6.81. The molecule has 0 aromatic carbocycles. The SMILES string of the molecule is CCCNc1nc(-c2sccc2Br)nc(CC)c1Br. The van der Waals surface area contributed by atoms with Crippen LogP contribution in [0.5, 0.6) is 0 Å². The molecule has 102 valence electrons. The zero-order valence-corrected chi connectivity index (χ0v) is 14.8. The van der Waals surface area contributed by atoms with Gasteiger partial charge in [0.05, 0.1) is 15.0 Å². The van der Waals surface area contributed by atoms with Crippen LogP contribution in [0.15, 0.2) is 20.4 Å². The van der Waals surface area contributed by atoms with Crippen LogP contribution in [0, 0.1) is 0 Å². The van der Waals surface area contributed by atoms with E-state index < -0.39 is 0 Å². The predicted molar refractivity (Wildman–Crippen MR) is 88.9 cm³/mol. The van der Waals surface area contributed by atoms with E-state index >= 15 is 0 Å². The molecule has 1 N–H and O–H groups in total. The van der Waals surface area contributed by atoms with E-state index in [1.807, 2.05) is 11.4 Å². The minimum atomic E-state index is 0.778. The molecule has 0 saturated carbocycles. The molecule has 3 nitrogen and oxygen atoms in total. The van der Waals surface area contributed by atoms with Gasteiger partial charge in [0.1, 0.15) is 5.82 Å². The highest BCUT2D eigenvalue weighted by Gasteiger charge is 2.14. The van der Waals surface area contributed by atoms with E-state index in [0.717, 1.165) is 50.5 Å². The predicted octanol–water partition coefficient (Wildman–Crippen LogP) is 5.11. The summed E-state index contributed by atoms with van der Waals surface area (Å²) < 4.78 is 2.02. The summed E-state index contributed by atoms with van der Waals surface area (Å²) in [6.07, 6.45) is 1.94. The highest BCUT2D eigenvalue weighted by Crippen LogP contribution is 2.34. The Kier molecular flexibility index (Phi) is 5.36. The second-order valence-electron chi connectivity index (χ2n) is 4.03. The summed E-state index contributed by atoms with van der Waals surface area (Å²) in [6.45, 7) is 5.15. The summed E-state index contributed by atoms with van der Waals surface area (Å²) in [5.74, 6) is 1.66. The molecule has 0 aliphatic heterocycles. The van der Waals surface area contributed by atoms with Crippen LogP contribution >= 0.6 is 43.2 Å². The summed E-state index contributed by atoms with van der Waals surface area (Å²) in [5.41, 5.74) is 1.03. The van der Waals surface area contributed by atoms with Gasteiger partial charge in [-0.05, 0) is 56.1 Å². The Labute approximate surface area is 134 Å². The van der Waals surface area contributed by atoms with Crippen molar-refractivity contribution in [3.8, 4) is 10.7 Å². The fourth-order valence-corrected chi connectivity index (χ4v) is 3.72. The summed E-state index contributed by atoms with van der Waals surface area (Å²) in [4.78, 5) is 10.3. The fourth-order valence-electron chi connectivity index (χ4n) is 1.64. The van der Waals surface area contributed by atoms with E-state index in [2.05, 4.69) is 61.0 Å². The van der Waals surface area contributed by atoms with E-state index in [1.165, 1.54) is 0 Å². The average Bonchev–Trinajstić information content (AvgIpc) is 2.84. The van der Waals surface area contributed by atoms with Gasteiger partial charge in [-0.3, -0.25) is 0 Å². The fraction of sp³-hybridized carbons (Fsp3) is 0.385. The van der Waals surface area contributed by atoms with Crippen LogP contribution in [0.25, 0.3) is 10.7 Å². The minimum Gasteiger partial charge on any atom is -0.369 e. The van der Waals surface area contributed by atoms with E-state index in [4.69, 9.17) is 0 Å². The molecule has 0 fully saturated rings. The second-order valence-corrected chi connectivity index (χ2v) is 6.60. The van der Waals surface area contributed by atoms with Crippen LogP contribution in [0.1, 0.15) is 26.0 Å². The van der Waals surface area contributed by atoms with Gasteiger partial charge in [0.25, 0.3) is 0 Å². The van der Waals surface area contributed by atoms with Crippen molar-refractivity contribution in [2.45, 2.75) is 26.7 Å². The Morgan fingerprint density at radius 2 is 2.05 bits per heavy atom. The van der Waals surface area contributed by atoms with E-state index in [-0.39, 0.29) is 0 Å². The third kappa shape index (κ3) is 3.35. The van der Waals surface area contributed by atoms with Crippen molar-refractivity contribution in [1.29, 1.82) is 0 Å². The van der Waals surface area contributed by atoms with E-state index in [9.17, 15) is 0 Å². The molecule has 0 bridgehead atoms. The average molecular weight is 405 g/mol. The number of aromatic nitrogens is 2. The molecular formula is C13H15Br2N3S. The zero-order chi connectivity index (χ0) is 13.8. The number of nitrogens with one attached hydrogen (secondary N) is 1. The monoisotopic (exact) mass is 403 g/mol. The van der Waals surface area contributed by atoms with Crippen LogP contribution in [0.3, 0.4) is 0 Å². The number of thiophene rings is 1. The number of rotatable bonds is 5. The number of hydrogen-bond acceptors (Lipinski definition) is 4. The van der Waals surface area contributed by atoms with Crippen LogP contribution in [-0.4, -0.2) is 16.5 Å². The maximum Gasteiger partial charge on any atom is 0.173 e. The third-order valence-electron chi connectivity index (χ3n) is 2.62. The maximum absolute atomic E-state index is 4.65. The van der Waals surface area contributed by atoms with Crippen molar-refractivity contribution in [3.63, 3.8) is 0 Å². The van der Waals surface area contributed by atoms with Crippen molar-refractivity contribution in [3.05, 3.63) is 26.1 Å². The smallest absolute Gasteiger partial charge is 0.173 e. The largest absolute Gasteiger partial charge is 0.369 e. The molecular weight excluding hydrogens is 390 g/mol. The van der Waals surface area contributed by atoms with Crippen molar-refractivity contribution in [1.82, 2.24) is 9.97 Å². The van der Waals surface area contributed by atoms with Gasteiger partial charge in [-0.15, -0.1) is 11.3 Å². The lowest BCUT2D eigenvalue weighted by atomic mass is 10.3. The number of anilines is 1. The molecule has 2 aromatic rings.